The van der Waals surface area contributed by atoms with E-state index >= 15 is 0 Å². The van der Waals surface area contributed by atoms with Crippen molar-refractivity contribution in [1.82, 2.24) is 20.0 Å². The molecule has 0 radical (unpaired) electrons. The summed E-state index contributed by atoms with van der Waals surface area (Å²) in [6.45, 7) is 3.72. The molecular weight excluding hydrogens is 532 g/mol. The first-order chi connectivity index (χ1) is 20.1. The Balaban J connectivity index is 1.21. The third kappa shape index (κ3) is 5.63. The third-order valence-electron chi connectivity index (χ3n) is 7.75. The van der Waals surface area contributed by atoms with Gasteiger partial charge in [0.25, 0.3) is 0 Å². The lowest BCUT2D eigenvalue weighted by atomic mass is 9.98. The maximum absolute atomic E-state index is 12.7. The number of carbonyl (C=O) groups is 3. The Labute approximate surface area is 244 Å². The Kier molecular flexibility index (Phi) is 7.85. The van der Waals surface area contributed by atoms with Gasteiger partial charge in [-0.1, -0.05) is 72.8 Å². The SMILES string of the molecule is CN(C)C(=O)C(C)(C)n1cc(-c2ccc(C[C@H](NC(=O)OCC3c4ccccc4-c4ccccc43)C(=O)O)cc2)cn1. The quantitative estimate of drug-likeness (QED) is 0.298. The van der Waals surface area contributed by atoms with Crippen LogP contribution in [0.4, 0.5) is 4.79 Å². The molecule has 0 fully saturated rings. The van der Waals surface area contributed by atoms with Crippen molar-refractivity contribution in [1.29, 1.82) is 0 Å². The van der Waals surface area contributed by atoms with Gasteiger partial charge in [0.2, 0.25) is 5.91 Å². The van der Waals surface area contributed by atoms with Crippen molar-refractivity contribution in [2.45, 2.75) is 37.8 Å². The predicted octanol–water partition coefficient (Wildman–Crippen LogP) is 4.91. The second-order valence-electron chi connectivity index (χ2n) is 11.2. The van der Waals surface area contributed by atoms with E-state index in [1.165, 1.54) is 4.90 Å². The summed E-state index contributed by atoms with van der Waals surface area (Å²) in [5.41, 5.74) is 5.99. The highest BCUT2D eigenvalue weighted by Crippen LogP contribution is 2.44. The van der Waals surface area contributed by atoms with E-state index in [4.69, 9.17) is 4.74 Å². The first-order valence-corrected chi connectivity index (χ1v) is 13.8. The van der Waals surface area contributed by atoms with Gasteiger partial charge in [0.15, 0.2) is 0 Å². The molecule has 42 heavy (non-hydrogen) atoms. The number of nitrogens with zero attached hydrogens (tertiary/aromatic N) is 3. The van der Waals surface area contributed by atoms with Gasteiger partial charge in [0, 0.05) is 38.2 Å². The number of ether oxygens (including phenoxy) is 1. The molecule has 3 aromatic carbocycles. The zero-order valence-corrected chi connectivity index (χ0v) is 24.1. The average Bonchev–Trinajstić information content (AvgIpc) is 3.60. The molecule has 0 saturated carbocycles. The zero-order valence-electron chi connectivity index (χ0n) is 24.1. The number of hydrogen-bond acceptors (Lipinski definition) is 5. The summed E-state index contributed by atoms with van der Waals surface area (Å²) in [4.78, 5) is 38.8. The van der Waals surface area contributed by atoms with E-state index in [9.17, 15) is 19.5 Å². The maximum Gasteiger partial charge on any atom is 0.407 e. The third-order valence-corrected chi connectivity index (χ3v) is 7.75. The lowest BCUT2D eigenvalue weighted by molar-refractivity contribution is -0.139. The van der Waals surface area contributed by atoms with E-state index in [0.29, 0.717) is 0 Å². The number of fused-ring (bicyclic) bond motifs is 3. The van der Waals surface area contributed by atoms with Crippen LogP contribution in [-0.4, -0.2) is 64.5 Å². The number of carboxylic acid groups (broad SMARTS) is 1. The number of aliphatic carboxylic acids is 1. The van der Waals surface area contributed by atoms with Crippen LogP contribution in [0.3, 0.4) is 0 Å². The molecule has 1 atom stereocenters. The van der Waals surface area contributed by atoms with Crippen molar-refractivity contribution < 1.29 is 24.2 Å². The fourth-order valence-electron chi connectivity index (χ4n) is 5.47. The Hall–Kier alpha value is -4.92. The zero-order chi connectivity index (χ0) is 30.0. The number of alkyl carbamates (subject to hydrolysis) is 1. The maximum atomic E-state index is 12.7. The molecule has 0 saturated heterocycles. The molecule has 2 amide bonds. The Morgan fingerprint density at radius 2 is 1.55 bits per heavy atom. The Morgan fingerprint density at radius 1 is 0.952 bits per heavy atom. The molecule has 5 rings (SSSR count). The first-order valence-electron chi connectivity index (χ1n) is 13.8. The van der Waals surface area contributed by atoms with Gasteiger partial charge in [-0.3, -0.25) is 9.48 Å². The fourth-order valence-corrected chi connectivity index (χ4v) is 5.47. The summed E-state index contributed by atoms with van der Waals surface area (Å²) < 4.78 is 7.18. The summed E-state index contributed by atoms with van der Waals surface area (Å²) in [7, 11) is 3.42. The van der Waals surface area contributed by atoms with Crippen LogP contribution < -0.4 is 5.32 Å². The number of amides is 2. The van der Waals surface area contributed by atoms with Gasteiger partial charge in [0.05, 0.1) is 6.20 Å². The molecule has 0 spiro atoms. The number of benzene rings is 3. The van der Waals surface area contributed by atoms with Crippen LogP contribution in [-0.2, 0) is 26.3 Å². The monoisotopic (exact) mass is 566 g/mol. The van der Waals surface area contributed by atoms with Crippen molar-refractivity contribution in [3.05, 3.63) is 102 Å². The molecule has 216 valence electrons. The lowest BCUT2D eigenvalue weighted by Gasteiger charge is -2.27. The number of rotatable bonds is 9. The minimum Gasteiger partial charge on any atom is -0.480 e. The normalized spacial score (nSPS) is 13.1. The molecular formula is C33H34N4O5. The summed E-state index contributed by atoms with van der Waals surface area (Å²) in [5, 5.41) is 16.7. The van der Waals surface area contributed by atoms with Crippen molar-refractivity contribution in [3.63, 3.8) is 0 Å². The van der Waals surface area contributed by atoms with E-state index in [-0.39, 0.29) is 24.9 Å². The largest absolute Gasteiger partial charge is 0.480 e. The van der Waals surface area contributed by atoms with Crippen LogP contribution in [0.2, 0.25) is 0 Å². The molecule has 9 heteroatoms. The Morgan fingerprint density at radius 3 is 2.12 bits per heavy atom. The van der Waals surface area contributed by atoms with Gasteiger partial charge in [-0.25, -0.2) is 9.59 Å². The molecule has 2 N–H and O–H groups in total. The summed E-state index contributed by atoms with van der Waals surface area (Å²) in [6.07, 6.45) is 2.82. The minimum atomic E-state index is -1.16. The molecule has 0 unspecified atom stereocenters. The molecule has 1 aliphatic rings. The molecule has 1 aliphatic carbocycles. The van der Waals surface area contributed by atoms with Crippen molar-refractivity contribution in [2.75, 3.05) is 20.7 Å². The number of nitrogens with one attached hydrogen (secondary N) is 1. The highest BCUT2D eigenvalue weighted by Gasteiger charge is 2.32. The molecule has 1 heterocycles. The number of hydrogen-bond donors (Lipinski definition) is 2. The van der Waals surface area contributed by atoms with Crippen LogP contribution in [0.1, 0.15) is 36.5 Å². The van der Waals surface area contributed by atoms with Crippen molar-refractivity contribution >= 4 is 18.0 Å². The van der Waals surface area contributed by atoms with Gasteiger partial charge < -0.3 is 20.1 Å². The molecule has 0 aliphatic heterocycles. The van der Waals surface area contributed by atoms with E-state index in [2.05, 4.69) is 22.5 Å². The summed E-state index contributed by atoms with van der Waals surface area (Å²) in [6, 6.07) is 22.3. The summed E-state index contributed by atoms with van der Waals surface area (Å²) in [5.74, 6) is -1.34. The highest BCUT2D eigenvalue weighted by atomic mass is 16.5. The predicted molar refractivity (Wildman–Crippen MR) is 159 cm³/mol. The second kappa shape index (κ2) is 11.5. The topological polar surface area (TPSA) is 114 Å². The first kappa shape index (κ1) is 28.6. The van der Waals surface area contributed by atoms with E-state index in [1.807, 2.05) is 80.7 Å². The van der Waals surface area contributed by atoms with E-state index < -0.39 is 23.6 Å². The molecule has 1 aromatic heterocycles. The second-order valence-corrected chi connectivity index (χ2v) is 11.2. The molecule has 9 nitrogen and oxygen atoms in total. The van der Waals surface area contributed by atoms with Crippen molar-refractivity contribution in [3.8, 4) is 22.3 Å². The Bertz CT molecular complexity index is 1580. The van der Waals surface area contributed by atoms with E-state index in [0.717, 1.165) is 38.9 Å². The number of aromatic nitrogens is 2. The summed E-state index contributed by atoms with van der Waals surface area (Å²) >= 11 is 0. The lowest BCUT2D eigenvalue weighted by Crippen LogP contribution is -2.44. The highest BCUT2D eigenvalue weighted by molar-refractivity contribution is 5.83. The molecule has 4 aromatic rings. The van der Waals surface area contributed by atoms with Gasteiger partial charge >= 0.3 is 12.1 Å². The smallest absolute Gasteiger partial charge is 0.407 e. The average molecular weight is 567 g/mol. The minimum absolute atomic E-state index is 0.0730. The van der Waals surface area contributed by atoms with Gasteiger partial charge in [0.1, 0.15) is 18.2 Å². The van der Waals surface area contributed by atoms with Gasteiger partial charge in [-0.05, 0) is 47.2 Å². The number of likely N-dealkylation sites (N-methyl/N-ethyl adjacent to an activating group) is 1. The van der Waals surface area contributed by atoms with Crippen molar-refractivity contribution in [2.24, 2.45) is 0 Å². The number of carbonyl (C=O) groups excluding carboxylic acids is 2. The van der Waals surface area contributed by atoms with Gasteiger partial charge in [-0.2, -0.15) is 5.10 Å². The van der Waals surface area contributed by atoms with Crippen LogP contribution in [0.5, 0.6) is 0 Å². The van der Waals surface area contributed by atoms with Crippen LogP contribution in [0.25, 0.3) is 22.3 Å². The standard InChI is InChI=1S/C33H34N4O5/c1-33(2,31(40)36(3)4)37-19-23(18-34-37)22-15-13-21(14-16-22)17-29(30(38)39)35-32(41)42-20-28-26-11-7-5-9-24(26)25-10-6-8-12-27(25)28/h5-16,18-19,28-29H,17,20H2,1-4H3,(H,35,41)(H,38,39)/t29-/m0/s1. The van der Waals surface area contributed by atoms with E-state index in [1.54, 1.807) is 25.0 Å². The van der Waals surface area contributed by atoms with Crippen LogP contribution in [0.15, 0.2) is 85.2 Å². The van der Waals surface area contributed by atoms with Gasteiger partial charge in [-0.15, -0.1) is 0 Å². The molecule has 0 bridgehead atoms. The van der Waals surface area contributed by atoms with Crippen LogP contribution in [0, 0.1) is 0 Å². The van der Waals surface area contributed by atoms with Crippen LogP contribution >= 0.6 is 0 Å². The number of carboxylic acids is 1. The fraction of sp³-hybridized carbons (Fsp3) is 0.273.